The van der Waals surface area contributed by atoms with Crippen molar-refractivity contribution in [1.82, 2.24) is 25.1 Å². The molecule has 0 aliphatic carbocycles. The van der Waals surface area contributed by atoms with E-state index >= 15 is 0 Å². The number of carbonyl (C=O) groups is 1. The van der Waals surface area contributed by atoms with Crippen LogP contribution in [0.25, 0.3) is 0 Å². The zero-order valence-electron chi connectivity index (χ0n) is 12.5. The molecule has 0 bridgehead atoms. The monoisotopic (exact) mass is 287 g/mol. The second-order valence-electron chi connectivity index (χ2n) is 4.99. The Labute approximate surface area is 124 Å². The van der Waals surface area contributed by atoms with Crippen LogP contribution in [0.15, 0.2) is 30.9 Å². The molecular weight excluding hydrogens is 266 g/mol. The fraction of sp³-hybridized carbons (Fsp3) is 0.467. The van der Waals surface area contributed by atoms with Crippen molar-refractivity contribution in [2.75, 3.05) is 0 Å². The van der Waals surface area contributed by atoms with Gasteiger partial charge < -0.3 is 5.32 Å². The number of rotatable bonds is 7. The van der Waals surface area contributed by atoms with Crippen LogP contribution in [0.1, 0.15) is 44.1 Å². The molecular formula is C15H21N5O. The van der Waals surface area contributed by atoms with Crippen LogP contribution >= 0.6 is 0 Å². The van der Waals surface area contributed by atoms with Crippen molar-refractivity contribution in [3.05, 3.63) is 42.2 Å². The molecule has 6 nitrogen and oxygen atoms in total. The molecule has 21 heavy (non-hydrogen) atoms. The van der Waals surface area contributed by atoms with Crippen LogP contribution in [-0.2, 0) is 17.8 Å². The van der Waals surface area contributed by atoms with Gasteiger partial charge in [0, 0.05) is 25.4 Å². The summed E-state index contributed by atoms with van der Waals surface area (Å²) >= 11 is 0. The predicted molar refractivity (Wildman–Crippen MR) is 79.4 cm³/mol. The third-order valence-electron chi connectivity index (χ3n) is 3.24. The lowest BCUT2D eigenvalue weighted by atomic mass is 10.1. The highest BCUT2D eigenvalue weighted by Crippen LogP contribution is 2.10. The first-order valence-electron chi connectivity index (χ1n) is 7.26. The van der Waals surface area contributed by atoms with E-state index in [1.165, 1.54) is 6.33 Å². The normalized spacial score (nSPS) is 12.1. The molecule has 6 heteroatoms. The molecule has 2 rings (SSSR count). The minimum absolute atomic E-state index is 0.0189. The number of nitrogens with zero attached hydrogens (tertiary/aromatic N) is 4. The highest BCUT2D eigenvalue weighted by Gasteiger charge is 2.15. The second kappa shape index (κ2) is 7.52. The summed E-state index contributed by atoms with van der Waals surface area (Å²) in [5, 5.41) is 7.15. The molecule has 0 spiro atoms. The molecule has 0 saturated carbocycles. The standard InChI is InChI=1S/C15H21N5O/c1-3-10-20-15(17-11-18-20)12(2)19-14(21)5-4-13-6-8-16-9-7-13/h6-9,11-12H,3-5,10H2,1-2H3,(H,19,21). The molecule has 2 aromatic rings. The number of nitrogens with one attached hydrogen (secondary N) is 1. The number of pyridine rings is 1. The van der Waals surface area contributed by atoms with Gasteiger partial charge in [-0.2, -0.15) is 5.10 Å². The van der Waals surface area contributed by atoms with E-state index in [0.29, 0.717) is 12.8 Å². The Morgan fingerprint density at radius 2 is 2.14 bits per heavy atom. The van der Waals surface area contributed by atoms with E-state index < -0.39 is 0 Å². The summed E-state index contributed by atoms with van der Waals surface area (Å²) in [5.41, 5.74) is 1.11. The molecule has 0 aliphatic heterocycles. The van der Waals surface area contributed by atoms with E-state index in [1.807, 2.05) is 23.7 Å². The van der Waals surface area contributed by atoms with Gasteiger partial charge in [0.25, 0.3) is 0 Å². The van der Waals surface area contributed by atoms with Crippen molar-refractivity contribution in [2.24, 2.45) is 0 Å². The van der Waals surface area contributed by atoms with E-state index in [9.17, 15) is 4.79 Å². The van der Waals surface area contributed by atoms with Crippen LogP contribution in [0, 0.1) is 0 Å². The molecule has 1 N–H and O–H groups in total. The predicted octanol–water partition coefficient (Wildman–Crippen LogP) is 1.89. The van der Waals surface area contributed by atoms with Crippen LogP contribution in [0.2, 0.25) is 0 Å². The van der Waals surface area contributed by atoms with E-state index in [2.05, 4.69) is 27.3 Å². The molecule has 112 valence electrons. The molecule has 2 heterocycles. The minimum atomic E-state index is -0.135. The van der Waals surface area contributed by atoms with E-state index in [1.54, 1.807) is 12.4 Å². The van der Waals surface area contributed by atoms with E-state index in [-0.39, 0.29) is 11.9 Å². The number of hydrogen-bond acceptors (Lipinski definition) is 4. The maximum atomic E-state index is 12.0. The van der Waals surface area contributed by atoms with Crippen molar-refractivity contribution < 1.29 is 4.79 Å². The smallest absolute Gasteiger partial charge is 0.220 e. The summed E-state index contributed by atoms with van der Waals surface area (Å²) in [6, 6.07) is 3.72. The molecule has 0 fully saturated rings. The average Bonchev–Trinajstić information content (AvgIpc) is 2.95. The van der Waals surface area contributed by atoms with Crippen LogP contribution in [0.5, 0.6) is 0 Å². The Morgan fingerprint density at radius 1 is 1.38 bits per heavy atom. The van der Waals surface area contributed by atoms with Gasteiger partial charge in [-0.25, -0.2) is 9.67 Å². The first-order valence-corrected chi connectivity index (χ1v) is 7.26. The Hall–Kier alpha value is -2.24. The first kappa shape index (κ1) is 15.2. The number of amides is 1. The number of aryl methyl sites for hydroxylation is 2. The third kappa shape index (κ3) is 4.37. The fourth-order valence-electron chi connectivity index (χ4n) is 2.18. The van der Waals surface area contributed by atoms with Crippen LogP contribution < -0.4 is 5.32 Å². The molecule has 0 radical (unpaired) electrons. The summed E-state index contributed by atoms with van der Waals surface area (Å²) in [5.74, 6) is 0.819. The van der Waals surface area contributed by atoms with Gasteiger partial charge in [-0.05, 0) is 37.5 Å². The average molecular weight is 287 g/mol. The van der Waals surface area contributed by atoms with Gasteiger partial charge in [0.1, 0.15) is 12.2 Å². The van der Waals surface area contributed by atoms with Gasteiger partial charge in [0.05, 0.1) is 6.04 Å². The van der Waals surface area contributed by atoms with Gasteiger partial charge in [0.15, 0.2) is 0 Å². The largest absolute Gasteiger partial charge is 0.346 e. The summed E-state index contributed by atoms with van der Waals surface area (Å²) in [4.78, 5) is 20.2. The molecule has 0 saturated heterocycles. The molecule has 2 aromatic heterocycles. The minimum Gasteiger partial charge on any atom is -0.346 e. The zero-order valence-corrected chi connectivity index (χ0v) is 12.5. The first-order chi connectivity index (χ1) is 10.2. The van der Waals surface area contributed by atoms with E-state index in [4.69, 9.17) is 0 Å². The Morgan fingerprint density at radius 3 is 2.86 bits per heavy atom. The van der Waals surface area contributed by atoms with Crippen molar-refractivity contribution in [3.8, 4) is 0 Å². The van der Waals surface area contributed by atoms with Crippen molar-refractivity contribution >= 4 is 5.91 Å². The van der Waals surface area contributed by atoms with Crippen molar-refractivity contribution in [1.29, 1.82) is 0 Å². The summed E-state index contributed by atoms with van der Waals surface area (Å²) in [6.07, 6.45) is 7.16. The quantitative estimate of drug-likeness (QED) is 0.844. The molecule has 1 atom stereocenters. The highest BCUT2D eigenvalue weighted by molar-refractivity contribution is 5.76. The third-order valence-corrected chi connectivity index (χ3v) is 3.24. The Balaban J connectivity index is 1.85. The lowest BCUT2D eigenvalue weighted by Crippen LogP contribution is -2.29. The topological polar surface area (TPSA) is 72.7 Å². The molecule has 0 aliphatic rings. The van der Waals surface area contributed by atoms with Crippen molar-refractivity contribution in [3.63, 3.8) is 0 Å². The lowest BCUT2D eigenvalue weighted by Gasteiger charge is -2.14. The van der Waals surface area contributed by atoms with Crippen molar-refractivity contribution in [2.45, 2.75) is 45.7 Å². The van der Waals surface area contributed by atoms with Crippen LogP contribution in [0.4, 0.5) is 0 Å². The van der Waals surface area contributed by atoms with Gasteiger partial charge >= 0.3 is 0 Å². The summed E-state index contributed by atoms with van der Waals surface area (Å²) in [6.45, 7) is 4.83. The number of carbonyl (C=O) groups excluding carboxylic acids is 1. The maximum absolute atomic E-state index is 12.0. The second-order valence-corrected chi connectivity index (χ2v) is 4.99. The van der Waals surface area contributed by atoms with Gasteiger partial charge in [-0.15, -0.1) is 0 Å². The zero-order chi connectivity index (χ0) is 15.1. The summed E-state index contributed by atoms with van der Waals surface area (Å²) < 4.78 is 1.84. The van der Waals surface area contributed by atoms with Crippen LogP contribution in [0.3, 0.4) is 0 Å². The molecule has 1 unspecified atom stereocenters. The number of hydrogen-bond donors (Lipinski definition) is 1. The Kier molecular flexibility index (Phi) is 5.43. The SMILES string of the molecule is CCCn1ncnc1C(C)NC(=O)CCc1ccncc1. The lowest BCUT2D eigenvalue weighted by molar-refractivity contribution is -0.121. The molecule has 0 aromatic carbocycles. The molecule has 1 amide bonds. The maximum Gasteiger partial charge on any atom is 0.220 e. The van der Waals surface area contributed by atoms with Gasteiger partial charge in [-0.1, -0.05) is 6.92 Å². The van der Waals surface area contributed by atoms with Gasteiger partial charge in [-0.3, -0.25) is 9.78 Å². The van der Waals surface area contributed by atoms with E-state index in [0.717, 1.165) is 24.4 Å². The fourth-order valence-corrected chi connectivity index (χ4v) is 2.18. The van der Waals surface area contributed by atoms with Crippen LogP contribution in [-0.4, -0.2) is 25.7 Å². The van der Waals surface area contributed by atoms with Gasteiger partial charge in [0.2, 0.25) is 5.91 Å². The Bertz CT molecular complexity index is 566. The summed E-state index contributed by atoms with van der Waals surface area (Å²) in [7, 11) is 0. The highest BCUT2D eigenvalue weighted by atomic mass is 16.1. The number of aromatic nitrogens is 4.